The first-order valence-corrected chi connectivity index (χ1v) is 5.57. The van der Waals surface area contributed by atoms with Gasteiger partial charge in [-0.2, -0.15) is 0 Å². The molecule has 2 aromatic rings. The highest BCUT2D eigenvalue weighted by Crippen LogP contribution is 2.22. The number of hydrogen-bond donors (Lipinski definition) is 2. The fourth-order valence-electron chi connectivity index (χ4n) is 1.52. The van der Waals surface area contributed by atoms with Gasteiger partial charge in [0.2, 0.25) is 11.9 Å². The minimum atomic E-state index is -0.0965. The van der Waals surface area contributed by atoms with Gasteiger partial charge in [0.05, 0.1) is 0 Å². The number of nitrogens with one attached hydrogen (secondary N) is 2. The number of amides is 1. The third-order valence-corrected chi connectivity index (χ3v) is 2.37. The zero-order valence-electron chi connectivity index (χ0n) is 10.3. The van der Waals surface area contributed by atoms with E-state index < -0.39 is 0 Å². The summed E-state index contributed by atoms with van der Waals surface area (Å²) in [5.41, 5.74) is 2.66. The molecule has 0 fully saturated rings. The van der Waals surface area contributed by atoms with Crippen molar-refractivity contribution in [2.75, 3.05) is 10.6 Å². The zero-order chi connectivity index (χ0) is 13.0. The van der Waals surface area contributed by atoms with Crippen molar-refractivity contribution >= 4 is 23.2 Å². The number of carbonyl (C=O) groups is 1. The van der Waals surface area contributed by atoms with Gasteiger partial charge in [-0.25, -0.2) is 9.97 Å². The van der Waals surface area contributed by atoms with Crippen LogP contribution >= 0.6 is 0 Å². The Balaban J connectivity index is 2.24. The van der Waals surface area contributed by atoms with Crippen molar-refractivity contribution in [2.24, 2.45) is 0 Å². The van der Waals surface area contributed by atoms with Crippen LogP contribution in [0.25, 0.3) is 0 Å². The average Bonchev–Trinajstić information content (AvgIpc) is 2.34. The lowest BCUT2D eigenvalue weighted by Crippen LogP contribution is -2.06. The quantitative estimate of drug-likeness (QED) is 0.867. The van der Waals surface area contributed by atoms with Crippen LogP contribution in [0.5, 0.6) is 0 Å². The fourth-order valence-corrected chi connectivity index (χ4v) is 1.52. The van der Waals surface area contributed by atoms with E-state index in [1.807, 2.05) is 25.1 Å². The predicted octanol–water partition coefficient (Wildman–Crippen LogP) is 2.49. The van der Waals surface area contributed by atoms with Crippen LogP contribution in [0.15, 0.2) is 36.7 Å². The van der Waals surface area contributed by atoms with E-state index in [0.29, 0.717) is 5.95 Å². The van der Waals surface area contributed by atoms with E-state index in [-0.39, 0.29) is 5.91 Å². The second kappa shape index (κ2) is 5.27. The lowest BCUT2D eigenvalue weighted by atomic mass is 10.2. The molecule has 0 aliphatic heterocycles. The van der Waals surface area contributed by atoms with Gasteiger partial charge in [0.15, 0.2) is 0 Å². The molecule has 1 aromatic carbocycles. The van der Waals surface area contributed by atoms with Crippen molar-refractivity contribution in [1.29, 1.82) is 0 Å². The van der Waals surface area contributed by atoms with Gasteiger partial charge in [0.1, 0.15) is 0 Å². The third-order valence-electron chi connectivity index (χ3n) is 2.37. The highest BCUT2D eigenvalue weighted by atomic mass is 16.1. The van der Waals surface area contributed by atoms with Crippen LogP contribution in [0.4, 0.5) is 17.3 Å². The molecule has 0 spiro atoms. The molecule has 0 saturated heterocycles. The highest BCUT2D eigenvalue weighted by Gasteiger charge is 2.03. The first kappa shape index (κ1) is 12.0. The number of aromatic nitrogens is 2. The van der Waals surface area contributed by atoms with Gasteiger partial charge in [-0.3, -0.25) is 4.79 Å². The summed E-state index contributed by atoms with van der Waals surface area (Å²) in [7, 11) is 0. The SMILES string of the molecule is CC(=O)Nc1ccc(C)c(Nc2ncccn2)c1. The van der Waals surface area contributed by atoms with Crippen LogP contribution in [0, 0.1) is 6.92 Å². The van der Waals surface area contributed by atoms with Gasteiger partial charge in [-0.15, -0.1) is 0 Å². The maximum Gasteiger partial charge on any atom is 0.227 e. The number of hydrogen-bond acceptors (Lipinski definition) is 4. The number of carbonyl (C=O) groups excluding carboxylic acids is 1. The summed E-state index contributed by atoms with van der Waals surface area (Å²) in [6.45, 7) is 3.45. The van der Waals surface area contributed by atoms with E-state index in [0.717, 1.165) is 16.9 Å². The number of nitrogens with zero attached hydrogens (tertiary/aromatic N) is 2. The van der Waals surface area contributed by atoms with E-state index in [4.69, 9.17) is 0 Å². The van der Waals surface area contributed by atoms with Gasteiger partial charge >= 0.3 is 0 Å². The number of rotatable bonds is 3. The topological polar surface area (TPSA) is 66.9 Å². The molecule has 5 heteroatoms. The largest absolute Gasteiger partial charge is 0.326 e. The van der Waals surface area contributed by atoms with Crippen molar-refractivity contribution in [3.63, 3.8) is 0 Å². The van der Waals surface area contributed by atoms with Crippen molar-refractivity contribution < 1.29 is 4.79 Å². The minimum Gasteiger partial charge on any atom is -0.326 e. The van der Waals surface area contributed by atoms with Gasteiger partial charge in [0, 0.05) is 30.7 Å². The van der Waals surface area contributed by atoms with E-state index in [1.54, 1.807) is 18.5 Å². The molecule has 5 nitrogen and oxygen atoms in total. The van der Waals surface area contributed by atoms with Crippen molar-refractivity contribution in [3.05, 3.63) is 42.2 Å². The summed E-state index contributed by atoms with van der Waals surface area (Å²) < 4.78 is 0. The summed E-state index contributed by atoms with van der Waals surface area (Å²) in [5.74, 6) is 0.432. The summed E-state index contributed by atoms with van der Waals surface area (Å²) >= 11 is 0. The Morgan fingerprint density at radius 1 is 1.22 bits per heavy atom. The maximum atomic E-state index is 11.0. The smallest absolute Gasteiger partial charge is 0.227 e. The molecule has 1 heterocycles. The van der Waals surface area contributed by atoms with Crippen LogP contribution in [-0.4, -0.2) is 15.9 Å². The molecule has 0 atom stereocenters. The Bertz CT molecular complexity index is 554. The van der Waals surface area contributed by atoms with Gasteiger partial charge in [-0.05, 0) is 30.7 Å². The average molecular weight is 242 g/mol. The predicted molar refractivity (Wildman–Crippen MR) is 70.8 cm³/mol. The van der Waals surface area contributed by atoms with Crippen molar-refractivity contribution in [2.45, 2.75) is 13.8 Å². The first-order valence-electron chi connectivity index (χ1n) is 5.57. The monoisotopic (exact) mass is 242 g/mol. The Labute approximate surface area is 105 Å². The lowest BCUT2D eigenvalue weighted by molar-refractivity contribution is -0.114. The summed E-state index contributed by atoms with van der Waals surface area (Å²) in [4.78, 5) is 19.2. The molecular formula is C13H14N4O. The summed E-state index contributed by atoms with van der Waals surface area (Å²) in [6, 6.07) is 7.39. The Hall–Kier alpha value is -2.43. The van der Waals surface area contributed by atoms with E-state index in [1.165, 1.54) is 6.92 Å². The minimum absolute atomic E-state index is 0.0965. The fraction of sp³-hybridized carbons (Fsp3) is 0.154. The van der Waals surface area contributed by atoms with E-state index in [9.17, 15) is 4.79 Å². The van der Waals surface area contributed by atoms with Crippen molar-refractivity contribution in [3.8, 4) is 0 Å². The molecule has 2 rings (SSSR count). The molecule has 18 heavy (non-hydrogen) atoms. The molecule has 0 radical (unpaired) electrons. The Kier molecular flexibility index (Phi) is 3.52. The van der Waals surface area contributed by atoms with Crippen LogP contribution in [0.2, 0.25) is 0 Å². The molecular weight excluding hydrogens is 228 g/mol. The molecule has 1 amide bonds. The second-order valence-electron chi connectivity index (χ2n) is 3.91. The Morgan fingerprint density at radius 3 is 2.61 bits per heavy atom. The summed E-state index contributed by atoms with van der Waals surface area (Å²) in [6.07, 6.45) is 3.34. The van der Waals surface area contributed by atoms with Gasteiger partial charge in [-0.1, -0.05) is 6.07 Å². The Morgan fingerprint density at radius 2 is 1.94 bits per heavy atom. The molecule has 0 saturated carbocycles. The molecule has 2 N–H and O–H groups in total. The van der Waals surface area contributed by atoms with Crippen LogP contribution in [0.3, 0.4) is 0 Å². The number of anilines is 3. The van der Waals surface area contributed by atoms with Gasteiger partial charge < -0.3 is 10.6 Å². The number of benzene rings is 1. The van der Waals surface area contributed by atoms with E-state index >= 15 is 0 Å². The lowest BCUT2D eigenvalue weighted by Gasteiger charge is -2.10. The van der Waals surface area contributed by atoms with E-state index in [2.05, 4.69) is 20.6 Å². The zero-order valence-corrected chi connectivity index (χ0v) is 10.3. The first-order chi connectivity index (χ1) is 8.65. The normalized spacial score (nSPS) is 9.89. The standard InChI is InChI=1S/C13H14N4O/c1-9-4-5-11(16-10(2)18)8-12(9)17-13-14-6-3-7-15-13/h3-8H,1-2H3,(H,16,18)(H,14,15,17). The third kappa shape index (κ3) is 3.04. The van der Waals surface area contributed by atoms with Crippen molar-refractivity contribution in [1.82, 2.24) is 9.97 Å². The molecule has 0 aliphatic carbocycles. The summed E-state index contributed by atoms with van der Waals surface area (Å²) in [5, 5.41) is 5.85. The highest BCUT2D eigenvalue weighted by molar-refractivity contribution is 5.89. The molecule has 1 aromatic heterocycles. The maximum absolute atomic E-state index is 11.0. The van der Waals surface area contributed by atoms with Gasteiger partial charge in [0.25, 0.3) is 0 Å². The van der Waals surface area contributed by atoms with Crippen LogP contribution in [0.1, 0.15) is 12.5 Å². The molecule has 0 bridgehead atoms. The second-order valence-corrected chi connectivity index (χ2v) is 3.91. The molecule has 0 unspecified atom stereocenters. The number of aryl methyl sites for hydroxylation is 1. The van der Waals surface area contributed by atoms with Crippen LogP contribution in [-0.2, 0) is 4.79 Å². The molecule has 0 aliphatic rings. The van der Waals surface area contributed by atoms with Crippen LogP contribution < -0.4 is 10.6 Å². The molecule has 92 valence electrons.